The zero-order valence-electron chi connectivity index (χ0n) is 12.0. The summed E-state index contributed by atoms with van der Waals surface area (Å²) in [5.74, 6) is -0.266. The van der Waals surface area contributed by atoms with Crippen LogP contribution in [0.4, 0.5) is 0 Å². The lowest BCUT2D eigenvalue weighted by Crippen LogP contribution is -2.17. The van der Waals surface area contributed by atoms with Crippen LogP contribution in [0.5, 0.6) is 0 Å². The molecule has 1 saturated carbocycles. The van der Waals surface area contributed by atoms with Gasteiger partial charge in [-0.3, -0.25) is 4.57 Å². The minimum absolute atomic E-state index is 0.266. The van der Waals surface area contributed by atoms with E-state index >= 15 is 0 Å². The summed E-state index contributed by atoms with van der Waals surface area (Å²) >= 11 is 3.87. The molecule has 1 aliphatic rings. The summed E-state index contributed by atoms with van der Waals surface area (Å²) in [6, 6.07) is 6.14. The van der Waals surface area contributed by atoms with Crippen LogP contribution in [0.3, 0.4) is 0 Å². The lowest BCUT2D eigenvalue weighted by atomic mass is 9.82. The topological polar surface area (TPSA) is 35.1 Å². The third kappa shape index (κ3) is 2.14. The molecule has 0 spiro atoms. The number of hydrogen-bond acceptors (Lipinski definition) is 2. The van der Waals surface area contributed by atoms with Crippen molar-refractivity contribution in [1.82, 2.24) is 4.57 Å². The van der Waals surface area contributed by atoms with Crippen molar-refractivity contribution in [3.8, 4) is 0 Å². The van der Waals surface area contributed by atoms with E-state index in [9.17, 15) is 4.79 Å². The molecule has 0 bridgehead atoms. The van der Waals surface area contributed by atoms with Gasteiger partial charge in [-0.15, -0.1) is 0 Å². The van der Waals surface area contributed by atoms with Crippen molar-refractivity contribution in [2.45, 2.75) is 50.9 Å². The molecule has 3 nitrogen and oxygen atoms in total. The second-order valence-corrected chi connectivity index (χ2v) is 6.98. The predicted octanol–water partition coefficient (Wildman–Crippen LogP) is 4.63. The van der Waals surface area contributed by atoms with E-state index in [1.54, 1.807) is 4.57 Å². The Morgan fingerprint density at radius 1 is 1.40 bits per heavy atom. The number of benzene rings is 1. The maximum atomic E-state index is 11.8. The molecule has 2 aromatic rings. The molecule has 0 radical (unpaired) electrons. The Balaban J connectivity index is 2.03. The van der Waals surface area contributed by atoms with Crippen LogP contribution >= 0.6 is 15.9 Å². The van der Waals surface area contributed by atoms with Crippen LogP contribution in [-0.2, 0) is 6.54 Å². The van der Waals surface area contributed by atoms with Crippen LogP contribution in [0.2, 0.25) is 0 Å². The monoisotopic (exact) mass is 337 g/mol. The van der Waals surface area contributed by atoms with Gasteiger partial charge in [-0.25, -0.2) is 4.79 Å². The summed E-state index contributed by atoms with van der Waals surface area (Å²) in [5, 5.41) is 0. The fraction of sp³-hybridized carbons (Fsp3) is 0.562. The minimum atomic E-state index is -0.266. The molecule has 1 aromatic carbocycles. The second kappa shape index (κ2) is 5.06. The second-order valence-electron chi connectivity index (χ2n) is 6.06. The molecule has 1 aromatic heterocycles. The highest BCUT2D eigenvalue weighted by Crippen LogP contribution is 2.51. The average molecular weight is 338 g/mol. The lowest BCUT2D eigenvalue weighted by molar-refractivity contribution is 0.331. The van der Waals surface area contributed by atoms with Crippen molar-refractivity contribution < 1.29 is 4.42 Å². The van der Waals surface area contributed by atoms with E-state index in [2.05, 4.69) is 28.9 Å². The molecule has 1 unspecified atom stereocenters. The highest BCUT2D eigenvalue weighted by Gasteiger charge is 2.36. The largest absolute Gasteiger partial charge is 0.419 e. The van der Waals surface area contributed by atoms with Gasteiger partial charge >= 0.3 is 5.76 Å². The van der Waals surface area contributed by atoms with Gasteiger partial charge in [0.15, 0.2) is 5.58 Å². The Hall–Kier alpha value is -1.03. The number of oxazole rings is 1. The van der Waals surface area contributed by atoms with Gasteiger partial charge < -0.3 is 4.42 Å². The first kappa shape index (κ1) is 13.9. The fourth-order valence-corrected chi connectivity index (χ4v) is 4.12. The molecule has 108 valence electrons. The number of fused-ring (bicyclic) bond motifs is 1. The number of aromatic nitrogens is 1. The number of hydrogen-bond donors (Lipinski definition) is 0. The van der Waals surface area contributed by atoms with Gasteiger partial charge in [0, 0.05) is 11.4 Å². The van der Waals surface area contributed by atoms with Crippen LogP contribution in [0.1, 0.15) is 49.9 Å². The normalized spacial score (nSPS) is 19.6. The number of nitrogens with zero attached hydrogens (tertiary/aromatic N) is 1. The molecule has 1 atom stereocenters. The highest BCUT2D eigenvalue weighted by molar-refractivity contribution is 9.09. The molecular formula is C16H20BrNO2. The third-order valence-electron chi connectivity index (χ3n) is 4.66. The minimum Gasteiger partial charge on any atom is -0.408 e. The molecule has 1 fully saturated rings. The SMILES string of the molecule is CCn1c(=O)oc2cc(C(Br)C3(C)CCCC3)ccc21. The predicted molar refractivity (Wildman–Crippen MR) is 84.4 cm³/mol. The summed E-state index contributed by atoms with van der Waals surface area (Å²) in [4.78, 5) is 12.1. The van der Waals surface area contributed by atoms with Crippen LogP contribution in [0.15, 0.2) is 27.4 Å². The first-order valence-electron chi connectivity index (χ1n) is 7.32. The van der Waals surface area contributed by atoms with Crippen molar-refractivity contribution in [3.63, 3.8) is 0 Å². The first-order valence-corrected chi connectivity index (χ1v) is 8.24. The zero-order chi connectivity index (χ0) is 14.3. The zero-order valence-corrected chi connectivity index (χ0v) is 13.6. The summed E-state index contributed by atoms with van der Waals surface area (Å²) in [6.45, 7) is 4.94. The summed E-state index contributed by atoms with van der Waals surface area (Å²) in [7, 11) is 0. The summed E-state index contributed by atoms with van der Waals surface area (Å²) < 4.78 is 7.03. The molecule has 3 rings (SSSR count). The summed E-state index contributed by atoms with van der Waals surface area (Å²) in [6.07, 6.45) is 5.12. The average Bonchev–Trinajstić information content (AvgIpc) is 3.00. The number of halogens is 1. The molecule has 0 N–H and O–H groups in total. The van der Waals surface area contributed by atoms with Gasteiger partial charge in [-0.1, -0.05) is 41.8 Å². The Labute approximate surface area is 127 Å². The highest BCUT2D eigenvalue weighted by atomic mass is 79.9. The van der Waals surface area contributed by atoms with Gasteiger partial charge in [0.05, 0.1) is 5.52 Å². The van der Waals surface area contributed by atoms with Gasteiger partial charge in [-0.2, -0.15) is 0 Å². The Morgan fingerprint density at radius 2 is 2.10 bits per heavy atom. The molecule has 1 heterocycles. The Kier molecular flexibility index (Phi) is 3.53. The van der Waals surface area contributed by atoms with Gasteiger partial charge in [0.1, 0.15) is 0 Å². The van der Waals surface area contributed by atoms with Crippen LogP contribution in [0, 0.1) is 5.41 Å². The van der Waals surface area contributed by atoms with E-state index in [4.69, 9.17) is 4.42 Å². The quantitative estimate of drug-likeness (QED) is 0.765. The van der Waals surface area contributed by atoms with Crippen molar-refractivity contribution >= 4 is 27.0 Å². The Bertz CT molecular complexity index is 679. The maximum Gasteiger partial charge on any atom is 0.419 e. The molecule has 0 amide bonds. The van der Waals surface area contributed by atoms with E-state index in [0.717, 1.165) is 5.52 Å². The molecule has 0 aliphatic heterocycles. The van der Waals surface area contributed by atoms with Gasteiger partial charge in [0.2, 0.25) is 0 Å². The van der Waals surface area contributed by atoms with E-state index in [1.807, 2.05) is 19.1 Å². The van der Waals surface area contributed by atoms with E-state index in [-0.39, 0.29) is 5.76 Å². The maximum absolute atomic E-state index is 11.8. The summed E-state index contributed by atoms with van der Waals surface area (Å²) in [5.41, 5.74) is 3.10. The van der Waals surface area contributed by atoms with Crippen molar-refractivity contribution in [2.24, 2.45) is 5.41 Å². The number of aryl methyl sites for hydroxylation is 1. The third-order valence-corrected chi connectivity index (χ3v) is 6.29. The van der Waals surface area contributed by atoms with Crippen molar-refractivity contribution in [2.75, 3.05) is 0 Å². The lowest BCUT2D eigenvalue weighted by Gasteiger charge is -2.30. The van der Waals surface area contributed by atoms with Crippen molar-refractivity contribution in [1.29, 1.82) is 0 Å². The molecule has 20 heavy (non-hydrogen) atoms. The number of rotatable bonds is 3. The number of alkyl halides is 1. The smallest absolute Gasteiger partial charge is 0.408 e. The van der Waals surface area contributed by atoms with Gasteiger partial charge in [-0.05, 0) is 42.9 Å². The van der Waals surface area contributed by atoms with E-state index in [0.29, 0.717) is 22.4 Å². The standard InChI is InChI=1S/C16H20BrNO2/c1-3-18-12-7-6-11(10-13(12)20-15(18)19)14(17)16(2)8-4-5-9-16/h6-7,10,14H,3-5,8-9H2,1-2H3. The van der Waals surface area contributed by atoms with E-state index < -0.39 is 0 Å². The first-order chi connectivity index (χ1) is 9.55. The molecular weight excluding hydrogens is 318 g/mol. The molecule has 0 saturated heterocycles. The molecule has 4 heteroatoms. The van der Waals surface area contributed by atoms with Gasteiger partial charge in [0.25, 0.3) is 0 Å². The van der Waals surface area contributed by atoms with E-state index in [1.165, 1.54) is 31.2 Å². The van der Waals surface area contributed by atoms with Crippen molar-refractivity contribution in [3.05, 3.63) is 34.3 Å². The fourth-order valence-electron chi connectivity index (χ4n) is 3.38. The van der Waals surface area contributed by atoms with Crippen LogP contribution in [-0.4, -0.2) is 4.57 Å². The molecule has 1 aliphatic carbocycles. The van der Waals surface area contributed by atoms with Crippen LogP contribution < -0.4 is 5.76 Å². The Morgan fingerprint density at radius 3 is 2.75 bits per heavy atom. The van der Waals surface area contributed by atoms with Crippen LogP contribution in [0.25, 0.3) is 11.1 Å².